The fourth-order valence-electron chi connectivity index (χ4n) is 11.7. The molecular formula is C85H65Cl8N13O11. The van der Waals surface area contributed by atoms with Gasteiger partial charge in [-0.3, -0.25) is 73.1 Å². The lowest BCUT2D eigenvalue weighted by atomic mass is 10.1. The van der Waals surface area contributed by atoms with Crippen LogP contribution in [0.4, 0.5) is 22.7 Å². The molecule has 0 spiro atoms. The van der Waals surface area contributed by atoms with Gasteiger partial charge in [0.15, 0.2) is 0 Å². The monoisotopic (exact) mass is 1720 g/mol. The highest BCUT2D eigenvalue weighted by atomic mass is 35.5. The maximum Gasteiger partial charge on any atom is 0.274 e. The number of pyridine rings is 4. The summed E-state index contributed by atoms with van der Waals surface area (Å²) < 4.78 is 0. The zero-order valence-electron chi connectivity index (χ0n) is 61.3. The Morgan fingerprint density at radius 1 is 0.359 bits per heavy atom. The minimum atomic E-state index is -0.721. The van der Waals surface area contributed by atoms with Crippen molar-refractivity contribution in [2.75, 3.05) is 61.1 Å². The van der Waals surface area contributed by atoms with E-state index in [0.717, 1.165) is 25.9 Å². The Bertz CT molecular complexity index is 5730. The first-order valence-electron chi connectivity index (χ1n) is 35.3. The van der Waals surface area contributed by atoms with Gasteiger partial charge >= 0.3 is 0 Å². The molecule has 8 aromatic carbocycles. The minimum absolute atomic E-state index is 0.00609. The van der Waals surface area contributed by atoms with Gasteiger partial charge in [-0.25, -0.2) is 11.0 Å². The SMILES string of the molecule is CONC(=O)c1ccc(C(=O)Nc2ccc(Cl)c(-c3ccccn3)c2)c(Cl)c1.O=C(NO)c1ccc(C(=O)Nc2ccc(Cl)c(-c3ccccn3)c2)c(Cl)c1.O=C(Nc1ccc(Cl)c(-c2ccccn2)c1)c1ccc(C(=O)N2CCCC2)cc1Cl.O=C1CN(C(=O)c2ccc(C(=O)Nc3ccc(Cl)c(-c4ccccn4)c3)c(Cl)c2)CCN1. The van der Waals surface area contributed by atoms with E-state index < -0.39 is 29.5 Å². The Morgan fingerprint density at radius 2 is 0.667 bits per heavy atom. The molecule has 9 amide bonds. The third kappa shape index (κ3) is 22.7. The van der Waals surface area contributed by atoms with E-state index in [2.05, 4.69) is 56.8 Å². The minimum Gasteiger partial charge on any atom is -0.353 e. The number of benzene rings is 8. The van der Waals surface area contributed by atoms with Gasteiger partial charge in [0.1, 0.15) is 0 Å². The van der Waals surface area contributed by atoms with Gasteiger partial charge in [0.05, 0.1) is 98.9 Å². The smallest absolute Gasteiger partial charge is 0.274 e. The lowest BCUT2D eigenvalue weighted by Gasteiger charge is -2.26. The van der Waals surface area contributed by atoms with Gasteiger partial charge in [0.2, 0.25) is 5.91 Å². The van der Waals surface area contributed by atoms with Gasteiger partial charge in [-0.05, 0) is 207 Å². The molecule has 8 N–H and O–H groups in total. The van der Waals surface area contributed by atoms with E-state index in [1.807, 2.05) is 60.7 Å². The fourth-order valence-corrected chi connectivity index (χ4v) is 13.7. The summed E-state index contributed by atoms with van der Waals surface area (Å²) in [5, 5.41) is 25.1. The van der Waals surface area contributed by atoms with Gasteiger partial charge in [-0.15, -0.1) is 0 Å². The summed E-state index contributed by atoms with van der Waals surface area (Å²) in [6.45, 7) is 2.33. The number of piperazine rings is 1. The number of carbonyl (C=O) groups excluding carboxylic acids is 9. The third-order valence-corrected chi connectivity index (χ3v) is 20.1. The summed E-state index contributed by atoms with van der Waals surface area (Å²) in [5.74, 6) is -3.43. The number of anilines is 4. The van der Waals surface area contributed by atoms with Gasteiger partial charge in [0.25, 0.3) is 47.3 Å². The lowest BCUT2D eigenvalue weighted by molar-refractivity contribution is -0.123. The molecule has 0 unspecified atom stereocenters. The van der Waals surface area contributed by atoms with Crippen molar-refractivity contribution >= 4 is 169 Å². The van der Waals surface area contributed by atoms with Crippen LogP contribution in [0.3, 0.4) is 0 Å². The van der Waals surface area contributed by atoms with E-state index in [9.17, 15) is 43.2 Å². The molecule has 14 rings (SSSR count). The highest BCUT2D eigenvalue weighted by Crippen LogP contribution is 2.35. The molecule has 0 saturated carbocycles. The number of aromatic nitrogens is 4. The van der Waals surface area contributed by atoms with Crippen molar-refractivity contribution in [2.24, 2.45) is 0 Å². The molecule has 592 valence electrons. The second-order valence-corrected chi connectivity index (χ2v) is 28.6. The molecule has 2 fully saturated rings. The van der Waals surface area contributed by atoms with Crippen molar-refractivity contribution in [2.45, 2.75) is 12.8 Å². The predicted octanol–water partition coefficient (Wildman–Crippen LogP) is 18.4. The Morgan fingerprint density at radius 3 is 0.957 bits per heavy atom. The molecule has 4 aromatic heterocycles. The number of hydrogen-bond donors (Lipinski definition) is 8. The number of hydroxylamine groups is 2. The standard InChI is InChI=1S/C23H18Cl2N4O3.C23H19Cl2N3O2.C20H15Cl2N3O3.C19H13Cl2N3O3/c24-18-7-5-15(12-17(18)20-3-1-2-8-26-20)28-22(31)16-6-4-14(11-19(16)25)23(32)29-10-9-27-21(30)13-29;24-19-9-7-16(14-18(19)21-5-1-2-10-26-21)27-22(29)17-8-6-15(13-20(17)25)23(30)28-11-3-4-12-28;1-28-25-19(26)12-5-7-14(17(22)10-12)20(27)24-13-6-8-16(21)15(11-13)18-4-2-3-9-23-18;20-15-7-5-12(10-14(15)17-3-1-2-8-22-17)23-19(26)13-6-4-11(9-16(13)21)18(25)24-27/h1-8,11-12H,9-10,13H2,(H,27,30)(H,28,31);1-2,5-10,13-14H,3-4,11-12H2,(H,27,29);2-11H,1H3,(H,24,27)(H,25,26);1-10,27H,(H,23,26)(H,24,25). The number of likely N-dealkylation sites (tertiary alicyclic amines) is 1. The van der Waals surface area contributed by atoms with Crippen LogP contribution in [0.1, 0.15) is 95.7 Å². The van der Waals surface area contributed by atoms with Crippen LogP contribution in [0.25, 0.3) is 45.0 Å². The second-order valence-electron chi connectivity index (χ2n) is 25.4. The largest absolute Gasteiger partial charge is 0.353 e. The summed E-state index contributed by atoms with van der Waals surface area (Å²) in [4.78, 5) is 136. The molecule has 2 aliphatic heterocycles. The molecule has 2 aliphatic rings. The number of rotatable bonds is 17. The highest BCUT2D eigenvalue weighted by Gasteiger charge is 2.26. The lowest BCUT2D eigenvalue weighted by Crippen LogP contribution is -2.49. The molecule has 0 aliphatic carbocycles. The van der Waals surface area contributed by atoms with Crippen molar-refractivity contribution in [3.05, 3.63) is 328 Å². The van der Waals surface area contributed by atoms with Crippen molar-refractivity contribution in [3.8, 4) is 45.0 Å². The van der Waals surface area contributed by atoms with Crippen LogP contribution >= 0.6 is 92.8 Å². The molecule has 117 heavy (non-hydrogen) atoms. The summed E-state index contributed by atoms with van der Waals surface area (Å²) in [7, 11) is 1.33. The van der Waals surface area contributed by atoms with Crippen LogP contribution in [0.5, 0.6) is 0 Å². The van der Waals surface area contributed by atoms with Crippen molar-refractivity contribution in [1.82, 2.24) is 46.0 Å². The number of halogens is 8. The molecule has 12 aromatic rings. The Hall–Kier alpha value is -12.2. The first kappa shape index (κ1) is 85.7. The van der Waals surface area contributed by atoms with Crippen LogP contribution in [0.15, 0.2) is 243 Å². The summed E-state index contributed by atoms with van der Waals surface area (Å²) in [6, 6.07) is 60.0. The van der Waals surface area contributed by atoms with E-state index >= 15 is 0 Å². The van der Waals surface area contributed by atoms with E-state index in [-0.39, 0.29) is 78.1 Å². The van der Waals surface area contributed by atoms with Crippen molar-refractivity contribution in [3.63, 3.8) is 0 Å². The Balaban J connectivity index is 0.000000153. The quantitative estimate of drug-likeness (QED) is 0.0310. The number of nitrogens with zero attached hydrogens (tertiary/aromatic N) is 6. The summed E-state index contributed by atoms with van der Waals surface area (Å²) in [6.07, 6.45) is 8.69. The van der Waals surface area contributed by atoms with Gasteiger partial charge < -0.3 is 36.4 Å². The highest BCUT2D eigenvalue weighted by molar-refractivity contribution is 6.38. The summed E-state index contributed by atoms with van der Waals surface area (Å²) >= 11 is 50.0. The predicted molar refractivity (Wildman–Crippen MR) is 454 cm³/mol. The van der Waals surface area contributed by atoms with Gasteiger partial charge in [0, 0.05) is 118 Å². The van der Waals surface area contributed by atoms with E-state index in [1.165, 1.54) is 72.1 Å². The molecule has 0 bridgehead atoms. The first-order valence-corrected chi connectivity index (χ1v) is 38.4. The number of amides is 9. The first-order chi connectivity index (χ1) is 56.4. The molecule has 6 heterocycles. The molecular weight excluding hydrogens is 1660 g/mol. The molecule has 2 saturated heterocycles. The number of carbonyl (C=O) groups is 9. The van der Waals surface area contributed by atoms with Crippen LogP contribution in [0.2, 0.25) is 40.2 Å². The van der Waals surface area contributed by atoms with Crippen LogP contribution in [-0.4, -0.2) is 128 Å². The number of nitrogens with one attached hydrogen (secondary N) is 7. The topological polar surface area (TPSA) is 325 Å². The maximum absolute atomic E-state index is 12.8. The third-order valence-electron chi connectivity index (χ3n) is 17.5. The van der Waals surface area contributed by atoms with Crippen LogP contribution in [0, 0.1) is 0 Å². The molecule has 32 heteroatoms. The Kier molecular flexibility index (Phi) is 30.0. The number of hydrogen-bond acceptors (Lipinski definition) is 15. The fraction of sp³-hybridized carbons (Fsp3) is 0.0941. The van der Waals surface area contributed by atoms with Gasteiger partial charge in [-0.2, -0.15) is 0 Å². The summed E-state index contributed by atoms with van der Waals surface area (Å²) in [5.41, 5.74) is 13.5. The van der Waals surface area contributed by atoms with E-state index in [0.29, 0.717) is 118 Å². The molecule has 0 atom stereocenters. The molecule has 24 nitrogen and oxygen atoms in total. The normalized spacial score (nSPS) is 12.0. The van der Waals surface area contributed by atoms with E-state index in [1.54, 1.807) is 133 Å². The van der Waals surface area contributed by atoms with Crippen molar-refractivity contribution in [1.29, 1.82) is 0 Å². The maximum atomic E-state index is 12.8. The molecule has 0 radical (unpaired) electrons. The van der Waals surface area contributed by atoms with E-state index in [4.69, 9.17) is 98.0 Å². The average molecular weight is 1730 g/mol. The van der Waals surface area contributed by atoms with Crippen LogP contribution < -0.4 is 37.5 Å². The van der Waals surface area contributed by atoms with Crippen molar-refractivity contribution < 1.29 is 53.2 Å². The average Bonchev–Trinajstić information content (AvgIpc) is 1.81. The van der Waals surface area contributed by atoms with Gasteiger partial charge in [-0.1, -0.05) is 117 Å². The zero-order chi connectivity index (χ0) is 83.2. The Labute approximate surface area is 709 Å². The van der Waals surface area contributed by atoms with Crippen LogP contribution in [-0.2, 0) is 9.63 Å². The zero-order valence-corrected chi connectivity index (χ0v) is 67.3. The second kappa shape index (κ2) is 40.9.